The number of hydrogen-bond acceptors (Lipinski definition) is 6. The van der Waals surface area contributed by atoms with Gasteiger partial charge in [0, 0.05) is 23.6 Å². The molecule has 3 rings (SSSR count). The summed E-state index contributed by atoms with van der Waals surface area (Å²) in [5.41, 5.74) is 1.77. The van der Waals surface area contributed by atoms with Gasteiger partial charge < -0.3 is 10.1 Å². The van der Waals surface area contributed by atoms with Gasteiger partial charge in [-0.1, -0.05) is 0 Å². The maximum absolute atomic E-state index is 12.3. The van der Waals surface area contributed by atoms with Crippen molar-refractivity contribution >= 4 is 11.6 Å². The Balaban J connectivity index is 1.90. The first-order chi connectivity index (χ1) is 11.6. The zero-order chi connectivity index (χ0) is 16.9. The maximum atomic E-state index is 12.3. The molecule has 2 heterocycles. The Morgan fingerprint density at radius 3 is 2.67 bits per heavy atom. The summed E-state index contributed by atoms with van der Waals surface area (Å²) in [4.78, 5) is 16.2. The van der Waals surface area contributed by atoms with Gasteiger partial charge in [0.25, 0.3) is 5.91 Å². The third-order valence-electron chi connectivity index (χ3n) is 3.12. The van der Waals surface area contributed by atoms with Gasteiger partial charge >= 0.3 is 0 Å². The van der Waals surface area contributed by atoms with E-state index in [1.165, 1.54) is 11.0 Å². The van der Waals surface area contributed by atoms with Crippen molar-refractivity contribution in [3.63, 3.8) is 0 Å². The van der Waals surface area contributed by atoms with Crippen molar-refractivity contribution in [3.8, 4) is 11.4 Å². The number of benzene rings is 1. The molecule has 0 saturated heterocycles. The summed E-state index contributed by atoms with van der Waals surface area (Å²) in [5, 5.41) is 14.0. The minimum absolute atomic E-state index is 0.00232. The molecule has 3 aromatic rings. The molecule has 0 bridgehead atoms. The Morgan fingerprint density at radius 1 is 1.21 bits per heavy atom. The Hall–Kier alpha value is -3.29. The summed E-state index contributed by atoms with van der Waals surface area (Å²) in [6.07, 6.45) is 4.61. The van der Waals surface area contributed by atoms with Crippen LogP contribution in [-0.4, -0.2) is 37.2 Å². The van der Waals surface area contributed by atoms with E-state index in [0.717, 1.165) is 0 Å². The van der Waals surface area contributed by atoms with E-state index >= 15 is 0 Å². The molecule has 0 aliphatic heterocycles. The van der Waals surface area contributed by atoms with Crippen molar-refractivity contribution in [1.29, 1.82) is 0 Å². The van der Waals surface area contributed by atoms with E-state index in [1.807, 2.05) is 13.8 Å². The highest BCUT2D eigenvalue weighted by atomic mass is 16.5. The second-order valence-corrected chi connectivity index (χ2v) is 5.29. The first-order valence-electron chi connectivity index (χ1n) is 7.39. The van der Waals surface area contributed by atoms with E-state index in [-0.39, 0.29) is 12.0 Å². The van der Waals surface area contributed by atoms with Crippen LogP contribution in [0.25, 0.3) is 5.69 Å². The van der Waals surface area contributed by atoms with E-state index < -0.39 is 0 Å². The van der Waals surface area contributed by atoms with E-state index in [1.54, 1.807) is 42.7 Å². The van der Waals surface area contributed by atoms with Crippen molar-refractivity contribution < 1.29 is 9.53 Å². The third kappa shape index (κ3) is 3.54. The van der Waals surface area contributed by atoms with Crippen LogP contribution in [0.1, 0.15) is 24.2 Å². The van der Waals surface area contributed by atoms with Crippen LogP contribution in [0.4, 0.5) is 5.69 Å². The zero-order valence-corrected chi connectivity index (χ0v) is 13.2. The van der Waals surface area contributed by atoms with Gasteiger partial charge in [-0.2, -0.15) is 4.68 Å². The Kier molecular flexibility index (Phi) is 4.46. The summed E-state index contributed by atoms with van der Waals surface area (Å²) in [6.45, 7) is 3.87. The number of pyridine rings is 1. The predicted octanol–water partition coefficient (Wildman–Crippen LogP) is 2.10. The van der Waals surface area contributed by atoms with Crippen molar-refractivity contribution in [2.45, 2.75) is 20.0 Å². The lowest BCUT2D eigenvalue weighted by atomic mass is 10.2. The maximum Gasteiger partial charge on any atom is 0.255 e. The predicted molar refractivity (Wildman–Crippen MR) is 87.1 cm³/mol. The molecule has 0 spiro atoms. The molecule has 0 saturated carbocycles. The summed E-state index contributed by atoms with van der Waals surface area (Å²) < 4.78 is 7.26. The molecular weight excluding hydrogens is 308 g/mol. The SMILES string of the molecule is CC(C)Oc1ccc(NC(=O)c2ccncc2)cc1-n1cnnn1. The van der Waals surface area contributed by atoms with Crippen molar-refractivity contribution in [1.82, 2.24) is 25.2 Å². The van der Waals surface area contributed by atoms with Gasteiger partial charge in [0.1, 0.15) is 17.8 Å². The minimum atomic E-state index is -0.224. The molecule has 8 heteroatoms. The molecule has 1 N–H and O–H groups in total. The number of nitrogens with one attached hydrogen (secondary N) is 1. The van der Waals surface area contributed by atoms with E-state index in [2.05, 4.69) is 25.8 Å². The smallest absolute Gasteiger partial charge is 0.255 e. The molecule has 0 unspecified atom stereocenters. The Morgan fingerprint density at radius 2 is 2.00 bits per heavy atom. The Labute approximate surface area is 138 Å². The lowest BCUT2D eigenvalue weighted by molar-refractivity contribution is 0.102. The first kappa shape index (κ1) is 15.6. The van der Waals surface area contributed by atoms with Gasteiger partial charge in [-0.25, -0.2) is 0 Å². The van der Waals surface area contributed by atoms with Crippen molar-refractivity contribution in [2.75, 3.05) is 5.32 Å². The summed E-state index contributed by atoms with van der Waals surface area (Å²) >= 11 is 0. The van der Waals surface area contributed by atoms with Gasteiger partial charge in [0.05, 0.1) is 6.10 Å². The van der Waals surface area contributed by atoms with Crippen molar-refractivity contribution in [3.05, 3.63) is 54.6 Å². The summed E-state index contributed by atoms with van der Waals surface area (Å²) in [6, 6.07) is 8.60. The van der Waals surface area contributed by atoms with Crippen LogP contribution in [0.5, 0.6) is 5.75 Å². The van der Waals surface area contributed by atoms with Crippen LogP contribution < -0.4 is 10.1 Å². The molecule has 0 radical (unpaired) electrons. The number of hydrogen-bond donors (Lipinski definition) is 1. The van der Waals surface area contributed by atoms with E-state index in [9.17, 15) is 4.79 Å². The highest BCUT2D eigenvalue weighted by Crippen LogP contribution is 2.27. The molecule has 24 heavy (non-hydrogen) atoms. The molecular formula is C16H16N6O2. The van der Waals surface area contributed by atoms with Crippen molar-refractivity contribution in [2.24, 2.45) is 0 Å². The largest absolute Gasteiger partial charge is 0.489 e. The molecule has 0 aliphatic rings. The molecule has 0 atom stereocenters. The van der Waals surface area contributed by atoms with Crippen LogP contribution in [0.2, 0.25) is 0 Å². The molecule has 122 valence electrons. The lowest BCUT2D eigenvalue weighted by Crippen LogP contribution is -2.13. The van der Waals surface area contributed by atoms with Gasteiger partial charge in [0.2, 0.25) is 0 Å². The first-order valence-corrected chi connectivity index (χ1v) is 7.39. The fourth-order valence-electron chi connectivity index (χ4n) is 2.11. The monoisotopic (exact) mass is 324 g/mol. The second kappa shape index (κ2) is 6.86. The number of amides is 1. The normalized spacial score (nSPS) is 10.6. The molecule has 0 aliphatic carbocycles. The number of tetrazole rings is 1. The van der Waals surface area contributed by atoms with Crippen LogP contribution in [-0.2, 0) is 0 Å². The quantitative estimate of drug-likeness (QED) is 0.772. The number of ether oxygens (including phenoxy) is 1. The topological polar surface area (TPSA) is 94.8 Å². The van der Waals surface area contributed by atoms with Gasteiger partial charge in [0.15, 0.2) is 0 Å². The average molecular weight is 324 g/mol. The van der Waals surface area contributed by atoms with Crippen LogP contribution >= 0.6 is 0 Å². The van der Waals surface area contributed by atoms with Gasteiger partial charge in [-0.05, 0) is 54.6 Å². The van der Waals surface area contributed by atoms with E-state index in [4.69, 9.17) is 4.74 Å². The van der Waals surface area contributed by atoms with Crippen LogP contribution in [0, 0.1) is 0 Å². The fraction of sp³-hybridized carbons (Fsp3) is 0.188. The number of anilines is 1. The van der Waals surface area contributed by atoms with Gasteiger partial charge in [-0.3, -0.25) is 9.78 Å². The third-order valence-corrected chi connectivity index (χ3v) is 3.12. The van der Waals surface area contributed by atoms with E-state index in [0.29, 0.717) is 22.7 Å². The lowest BCUT2D eigenvalue weighted by Gasteiger charge is -2.15. The number of nitrogens with zero attached hydrogens (tertiary/aromatic N) is 5. The van der Waals surface area contributed by atoms with Gasteiger partial charge in [-0.15, -0.1) is 5.10 Å². The molecule has 8 nitrogen and oxygen atoms in total. The Bertz CT molecular complexity index is 818. The number of rotatable bonds is 5. The zero-order valence-electron chi connectivity index (χ0n) is 13.2. The highest BCUT2D eigenvalue weighted by molar-refractivity contribution is 6.04. The second-order valence-electron chi connectivity index (χ2n) is 5.29. The highest BCUT2D eigenvalue weighted by Gasteiger charge is 2.12. The number of carbonyl (C=O) groups excluding carboxylic acids is 1. The standard InChI is InChI=1S/C16H16N6O2/c1-11(2)24-15-4-3-13(9-14(15)22-10-18-20-21-22)19-16(23)12-5-7-17-8-6-12/h3-11H,1-2H3,(H,19,23). The molecule has 1 aromatic carbocycles. The number of carbonyl (C=O) groups is 1. The molecule has 0 fully saturated rings. The molecule has 2 aromatic heterocycles. The fourth-order valence-corrected chi connectivity index (χ4v) is 2.11. The van der Waals surface area contributed by atoms with Crippen LogP contribution in [0.15, 0.2) is 49.1 Å². The summed E-state index contributed by atoms with van der Waals surface area (Å²) in [5.74, 6) is 0.400. The minimum Gasteiger partial charge on any atom is -0.489 e. The molecule has 1 amide bonds. The summed E-state index contributed by atoms with van der Waals surface area (Å²) in [7, 11) is 0. The average Bonchev–Trinajstić information content (AvgIpc) is 3.11. The number of aromatic nitrogens is 5. The van der Waals surface area contributed by atoms with Crippen LogP contribution in [0.3, 0.4) is 0 Å².